The Bertz CT molecular complexity index is 406. The number of hydrogen-bond donors (Lipinski definition) is 1. The maximum Gasteiger partial charge on any atom is 0.366 e. The molecule has 0 saturated heterocycles. The quantitative estimate of drug-likeness (QED) is 0.512. The molecule has 1 aromatic heterocycles. The van der Waals surface area contributed by atoms with Crippen molar-refractivity contribution in [3.05, 3.63) is 31.5 Å². The molecule has 1 rings (SSSR count). The molecule has 0 radical (unpaired) electrons. The molecule has 0 aliphatic heterocycles. The number of halogens is 2. The van der Waals surface area contributed by atoms with Crippen molar-refractivity contribution < 1.29 is 11.0 Å². The zero-order valence-corrected chi connectivity index (χ0v) is 7.39. The van der Waals surface area contributed by atoms with Crippen LogP contribution in [0.15, 0.2) is 14.4 Å². The van der Waals surface area contributed by atoms with E-state index in [1.54, 1.807) is 4.98 Å². The van der Waals surface area contributed by atoms with E-state index < -0.39 is 17.1 Å². The van der Waals surface area contributed by atoms with Crippen molar-refractivity contribution in [1.82, 2.24) is 13.2 Å². The summed E-state index contributed by atoms with van der Waals surface area (Å²) in [6.45, 7) is 0. The molecule has 0 atom stereocenters. The molecule has 0 bridgehead atoms. The maximum absolute atomic E-state index is 10.7. The van der Waals surface area contributed by atoms with E-state index in [1.165, 1.54) is 0 Å². The van der Waals surface area contributed by atoms with Crippen LogP contribution in [-0.2, 0) is 0 Å². The van der Waals surface area contributed by atoms with Crippen molar-refractivity contribution in [3.8, 4) is 0 Å². The lowest BCUT2D eigenvalue weighted by molar-refractivity contribution is 0.804. The lowest BCUT2D eigenvalue weighted by Crippen LogP contribution is -2.43. The first kappa shape index (κ1) is 14.4. The van der Waals surface area contributed by atoms with Crippen molar-refractivity contribution in [2.24, 2.45) is 0 Å². The second kappa shape index (κ2) is 4.82. The highest BCUT2D eigenvalue weighted by molar-refractivity contribution is 6.17. The van der Waals surface area contributed by atoms with Crippen molar-refractivity contribution in [2.75, 3.05) is 0 Å². The van der Waals surface area contributed by atoms with Gasteiger partial charge in [-0.05, 0) is 0 Å². The fourth-order valence-electron chi connectivity index (χ4n) is 0.440. The van der Waals surface area contributed by atoms with Crippen LogP contribution in [0.5, 0.6) is 0 Å². The summed E-state index contributed by atoms with van der Waals surface area (Å²) in [5.74, 6) is 0. The van der Waals surface area contributed by atoms with Crippen LogP contribution >= 0.6 is 23.6 Å². The Balaban J connectivity index is 0. The molecule has 0 saturated carbocycles. The third-order valence-electron chi connectivity index (χ3n) is 0.906. The van der Waals surface area contributed by atoms with Crippen LogP contribution in [0.4, 0.5) is 0 Å². The number of nitrogens with zero attached hydrogens (tertiary/aromatic N) is 2. The summed E-state index contributed by atoms with van der Waals surface area (Å²) in [7, 11) is 0. The Morgan fingerprint density at radius 2 is 1.23 bits per heavy atom. The normalized spacial score (nSPS) is 8.46. The smallest absolute Gasteiger partial charge is 0.366 e. The topological polar surface area (TPSA) is 140 Å². The Morgan fingerprint density at radius 3 is 1.54 bits per heavy atom. The zero-order chi connectivity index (χ0) is 8.59. The summed E-state index contributed by atoms with van der Waals surface area (Å²) in [6, 6.07) is 0. The second-order valence-electron chi connectivity index (χ2n) is 1.58. The number of nitrogens with one attached hydrogen (secondary N) is 1. The highest BCUT2D eigenvalue weighted by Crippen LogP contribution is 1.71. The summed E-state index contributed by atoms with van der Waals surface area (Å²) < 4.78 is 0.322. The third kappa shape index (κ3) is 2.42. The summed E-state index contributed by atoms with van der Waals surface area (Å²) in [4.78, 5) is 33.4. The molecule has 13 heavy (non-hydrogen) atoms. The van der Waals surface area contributed by atoms with Crippen molar-refractivity contribution in [1.29, 1.82) is 0 Å². The average molecular weight is 234 g/mol. The van der Waals surface area contributed by atoms with Gasteiger partial charge < -0.3 is 11.0 Å². The molecule has 1 aromatic rings. The lowest BCUT2D eigenvalue weighted by Gasteiger charge is -1.91. The molecule has 0 amide bonds. The number of aromatic nitrogens is 3. The molecular weight excluding hydrogens is 229 g/mol. The van der Waals surface area contributed by atoms with Crippen LogP contribution < -0.4 is 17.1 Å². The summed E-state index contributed by atoms with van der Waals surface area (Å²) >= 11 is 10.1. The monoisotopic (exact) mass is 233 g/mol. The van der Waals surface area contributed by atoms with E-state index in [9.17, 15) is 14.4 Å². The standard InChI is InChI=1S/C3HCl2N3O3.2H2O/c4-7-1(9)6-2(10)8(5)3(7)11;;/h(H,6,9,10);2*1H2. The summed E-state index contributed by atoms with van der Waals surface area (Å²) in [5, 5.41) is 0. The Hall–Kier alpha value is -1.09. The molecule has 1 heterocycles. The minimum absolute atomic E-state index is 0. The van der Waals surface area contributed by atoms with E-state index in [0.717, 1.165) is 0 Å². The van der Waals surface area contributed by atoms with Crippen LogP contribution in [-0.4, -0.2) is 24.1 Å². The molecule has 10 heteroatoms. The van der Waals surface area contributed by atoms with E-state index in [1.807, 2.05) is 0 Å². The minimum Gasteiger partial charge on any atom is -0.412 e. The second-order valence-corrected chi connectivity index (χ2v) is 2.26. The van der Waals surface area contributed by atoms with Crippen LogP contribution in [0.2, 0.25) is 0 Å². The van der Waals surface area contributed by atoms with Crippen LogP contribution in [0.25, 0.3) is 0 Å². The molecule has 8 nitrogen and oxygen atoms in total. The SMILES string of the molecule is O.O.O=c1[nH]c(=O)n(Cl)c(=O)n1Cl. The van der Waals surface area contributed by atoms with E-state index >= 15 is 0 Å². The third-order valence-corrected chi connectivity index (χ3v) is 1.50. The largest absolute Gasteiger partial charge is 0.412 e. The van der Waals surface area contributed by atoms with Gasteiger partial charge in [0.15, 0.2) is 0 Å². The van der Waals surface area contributed by atoms with Crippen molar-refractivity contribution in [3.63, 3.8) is 0 Å². The molecule has 76 valence electrons. The summed E-state index contributed by atoms with van der Waals surface area (Å²) in [5.41, 5.74) is -3.13. The predicted molar refractivity (Wildman–Crippen MR) is 45.3 cm³/mol. The van der Waals surface area contributed by atoms with Crippen molar-refractivity contribution in [2.45, 2.75) is 0 Å². The number of hydrogen-bond acceptors (Lipinski definition) is 3. The highest BCUT2D eigenvalue weighted by atomic mass is 35.5. The van der Waals surface area contributed by atoms with Gasteiger partial charge in [0, 0.05) is 23.6 Å². The number of H-pyrrole nitrogens is 1. The van der Waals surface area contributed by atoms with Crippen LogP contribution in [0.1, 0.15) is 0 Å². The number of aromatic amines is 1. The molecule has 0 aromatic carbocycles. The van der Waals surface area contributed by atoms with Gasteiger partial charge in [-0.15, -0.1) is 8.17 Å². The summed E-state index contributed by atoms with van der Waals surface area (Å²) in [6.07, 6.45) is 0. The molecule has 0 aliphatic rings. The van der Waals surface area contributed by atoms with E-state index in [-0.39, 0.29) is 19.1 Å². The Morgan fingerprint density at radius 1 is 0.923 bits per heavy atom. The predicted octanol–water partition coefficient (Wildman–Crippen LogP) is -2.95. The first-order valence-electron chi connectivity index (χ1n) is 2.34. The maximum atomic E-state index is 10.7. The van der Waals surface area contributed by atoms with Gasteiger partial charge in [-0.3, -0.25) is 4.98 Å². The zero-order valence-electron chi connectivity index (χ0n) is 5.88. The van der Waals surface area contributed by atoms with Gasteiger partial charge in [-0.2, -0.15) is 0 Å². The fraction of sp³-hybridized carbons (Fsp3) is 0. The lowest BCUT2D eigenvalue weighted by atomic mass is 11.0. The van der Waals surface area contributed by atoms with E-state index in [2.05, 4.69) is 0 Å². The van der Waals surface area contributed by atoms with Gasteiger partial charge in [0.1, 0.15) is 0 Å². The molecule has 5 N–H and O–H groups in total. The van der Waals surface area contributed by atoms with Gasteiger partial charge in [0.2, 0.25) is 0 Å². The molecule has 0 aliphatic carbocycles. The van der Waals surface area contributed by atoms with Gasteiger partial charge in [0.05, 0.1) is 0 Å². The van der Waals surface area contributed by atoms with Gasteiger partial charge in [0.25, 0.3) is 0 Å². The number of rotatable bonds is 0. The molecule has 0 spiro atoms. The van der Waals surface area contributed by atoms with Crippen molar-refractivity contribution >= 4 is 23.6 Å². The molecule has 0 unspecified atom stereocenters. The molecule has 0 fully saturated rings. The fourth-order valence-corrected chi connectivity index (χ4v) is 0.715. The first-order valence-corrected chi connectivity index (χ1v) is 3.02. The van der Waals surface area contributed by atoms with Gasteiger partial charge in [-0.1, -0.05) is 0 Å². The Labute approximate surface area is 79.8 Å². The highest BCUT2D eigenvalue weighted by Gasteiger charge is 2.04. The van der Waals surface area contributed by atoms with Gasteiger partial charge in [-0.25, -0.2) is 14.4 Å². The first-order chi connectivity index (χ1) is 5.04. The minimum atomic E-state index is -1.10. The van der Waals surface area contributed by atoms with Gasteiger partial charge >= 0.3 is 17.1 Å². The average Bonchev–Trinajstić information content (AvgIpc) is 1.97. The Kier molecular flexibility index (Phi) is 5.35. The van der Waals surface area contributed by atoms with Crippen LogP contribution in [0.3, 0.4) is 0 Å². The van der Waals surface area contributed by atoms with E-state index in [4.69, 9.17) is 23.6 Å². The van der Waals surface area contributed by atoms with E-state index in [0.29, 0.717) is 0 Å². The van der Waals surface area contributed by atoms with Crippen LogP contribution in [0, 0.1) is 0 Å². The molecular formula is C3H5Cl2N3O5.